The van der Waals surface area contributed by atoms with Crippen molar-refractivity contribution in [3.63, 3.8) is 0 Å². The molecule has 2 fully saturated rings. The molecule has 0 aliphatic carbocycles. The van der Waals surface area contributed by atoms with Gasteiger partial charge in [0.25, 0.3) is 0 Å². The number of likely N-dealkylation sites (N-methyl/N-ethyl adjacent to an activating group) is 1. The van der Waals surface area contributed by atoms with E-state index < -0.39 is 0 Å². The van der Waals surface area contributed by atoms with Crippen molar-refractivity contribution in [1.82, 2.24) is 20.1 Å². The van der Waals surface area contributed by atoms with Crippen LogP contribution in [-0.2, 0) is 4.79 Å². The van der Waals surface area contributed by atoms with Crippen LogP contribution in [0.5, 0.6) is 0 Å². The number of anilines is 1. The normalized spacial score (nSPS) is 22.0. The average molecular weight is 353 g/mol. The molecule has 0 radical (unpaired) electrons. The number of nitrogens with one attached hydrogen (secondary N) is 1. The number of rotatable bonds is 3. The van der Waals surface area contributed by atoms with Gasteiger partial charge in [-0.15, -0.1) is 0 Å². The Hall–Kier alpha value is -2.18. The van der Waals surface area contributed by atoms with Crippen LogP contribution in [0, 0.1) is 0 Å². The maximum absolute atomic E-state index is 12.8. The molecule has 1 aromatic heterocycles. The summed E-state index contributed by atoms with van der Waals surface area (Å²) in [5.41, 5.74) is 1.02. The third kappa shape index (κ3) is 3.52. The number of carbonyl (C=O) groups is 1. The van der Waals surface area contributed by atoms with Gasteiger partial charge in [-0.1, -0.05) is 25.1 Å². The predicted octanol–water partition coefficient (Wildman–Crippen LogP) is 1.18. The lowest BCUT2D eigenvalue weighted by atomic mass is 10.1. The summed E-state index contributed by atoms with van der Waals surface area (Å²) < 4.78 is 0. The highest BCUT2D eigenvalue weighted by Gasteiger charge is 2.30. The first kappa shape index (κ1) is 17.2. The zero-order valence-corrected chi connectivity index (χ0v) is 15.4. The maximum atomic E-state index is 12.8. The van der Waals surface area contributed by atoms with Crippen LogP contribution in [0.1, 0.15) is 6.92 Å². The van der Waals surface area contributed by atoms with Crippen molar-refractivity contribution in [2.75, 3.05) is 57.3 Å². The number of fused-ring (bicyclic) bond motifs is 1. The Labute approximate surface area is 154 Å². The number of nitrogens with zero attached hydrogens (tertiary/aromatic N) is 4. The molecule has 0 bridgehead atoms. The molecule has 4 rings (SSSR count). The average Bonchev–Trinajstić information content (AvgIpc) is 2.73. The Morgan fingerprint density at radius 1 is 1.12 bits per heavy atom. The van der Waals surface area contributed by atoms with Gasteiger partial charge in [0, 0.05) is 51.2 Å². The number of aromatic nitrogens is 1. The Kier molecular flexibility index (Phi) is 5.04. The molecule has 3 heterocycles. The van der Waals surface area contributed by atoms with Crippen molar-refractivity contribution in [2.45, 2.75) is 13.0 Å². The summed E-state index contributed by atoms with van der Waals surface area (Å²) in [6.45, 7) is 9.10. The van der Waals surface area contributed by atoms with Crippen molar-refractivity contribution in [1.29, 1.82) is 0 Å². The molecule has 2 aromatic rings. The number of pyridine rings is 1. The largest absolute Gasteiger partial charge is 0.353 e. The highest BCUT2D eigenvalue weighted by Crippen LogP contribution is 2.19. The Balaban J connectivity index is 1.38. The number of piperazine rings is 2. The molecule has 138 valence electrons. The first-order chi connectivity index (χ1) is 12.7. The topological polar surface area (TPSA) is 51.7 Å². The molecule has 2 saturated heterocycles. The van der Waals surface area contributed by atoms with E-state index in [1.165, 1.54) is 0 Å². The van der Waals surface area contributed by atoms with E-state index in [0.29, 0.717) is 0 Å². The van der Waals surface area contributed by atoms with Gasteiger partial charge in [0.1, 0.15) is 5.82 Å². The summed E-state index contributed by atoms with van der Waals surface area (Å²) in [7, 11) is 0. The molecule has 6 nitrogen and oxygen atoms in total. The van der Waals surface area contributed by atoms with E-state index >= 15 is 0 Å². The Morgan fingerprint density at radius 3 is 2.73 bits per heavy atom. The van der Waals surface area contributed by atoms with Crippen LogP contribution in [0.3, 0.4) is 0 Å². The molecule has 1 N–H and O–H groups in total. The Morgan fingerprint density at radius 2 is 1.92 bits per heavy atom. The molecule has 0 unspecified atom stereocenters. The number of benzene rings is 1. The molecule has 26 heavy (non-hydrogen) atoms. The fourth-order valence-corrected chi connectivity index (χ4v) is 3.87. The molecule has 2 aliphatic heterocycles. The van der Waals surface area contributed by atoms with Crippen molar-refractivity contribution < 1.29 is 4.79 Å². The van der Waals surface area contributed by atoms with Gasteiger partial charge in [-0.2, -0.15) is 0 Å². The second-order valence-corrected chi connectivity index (χ2v) is 7.07. The second kappa shape index (κ2) is 7.60. The van der Waals surface area contributed by atoms with Crippen LogP contribution in [0.25, 0.3) is 10.9 Å². The lowest BCUT2D eigenvalue weighted by molar-refractivity contribution is -0.134. The summed E-state index contributed by atoms with van der Waals surface area (Å²) >= 11 is 0. The monoisotopic (exact) mass is 353 g/mol. The zero-order valence-electron chi connectivity index (χ0n) is 15.4. The molecule has 2 aliphatic rings. The van der Waals surface area contributed by atoms with Crippen molar-refractivity contribution in [3.8, 4) is 0 Å². The molecule has 1 atom stereocenters. The van der Waals surface area contributed by atoms with Gasteiger partial charge < -0.3 is 20.0 Å². The molecular formula is C20H27N5O. The molecular weight excluding hydrogens is 326 g/mol. The van der Waals surface area contributed by atoms with Crippen LogP contribution in [-0.4, -0.2) is 79.1 Å². The third-order valence-electron chi connectivity index (χ3n) is 5.50. The van der Waals surface area contributed by atoms with Crippen LogP contribution in [0.15, 0.2) is 36.4 Å². The first-order valence-corrected chi connectivity index (χ1v) is 9.60. The first-order valence-electron chi connectivity index (χ1n) is 9.60. The standard InChI is InChI=1S/C20H27N5O/c1-2-23-10-9-21-18(15-23)20(26)25-13-11-24(12-14-25)19-8-7-16-5-3-4-6-17(16)22-19/h3-8,18,21H,2,9-15H2,1H3/t18-/m1/s1. The van der Waals surface area contributed by atoms with Crippen LogP contribution in [0.4, 0.5) is 5.82 Å². The van der Waals surface area contributed by atoms with E-state index in [9.17, 15) is 4.79 Å². The fraction of sp³-hybridized carbons (Fsp3) is 0.500. The molecule has 1 amide bonds. The smallest absolute Gasteiger partial charge is 0.241 e. The van der Waals surface area contributed by atoms with E-state index in [4.69, 9.17) is 4.98 Å². The molecule has 0 saturated carbocycles. The molecule has 1 aromatic carbocycles. The van der Waals surface area contributed by atoms with Gasteiger partial charge in [0.05, 0.1) is 11.6 Å². The maximum Gasteiger partial charge on any atom is 0.241 e. The van der Waals surface area contributed by atoms with Crippen molar-refractivity contribution in [2.24, 2.45) is 0 Å². The minimum atomic E-state index is -0.0611. The van der Waals surface area contributed by atoms with Gasteiger partial charge in [-0.3, -0.25) is 4.79 Å². The number of para-hydroxylation sites is 1. The van der Waals surface area contributed by atoms with Gasteiger partial charge in [-0.25, -0.2) is 4.98 Å². The van der Waals surface area contributed by atoms with E-state index in [2.05, 4.69) is 40.2 Å². The Bertz CT molecular complexity index is 772. The van der Waals surface area contributed by atoms with Gasteiger partial charge in [0.2, 0.25) is 5.91 Å². The van der Waals surface area contributed by atoms with Gasteiger partial charge >= 0.3 is 0 Å². The third-order valence-corrected chi connectivity index (χ3v) is 5.50. The van der Waals surface area contributed by atoms with Crippen LogP contribution < -0.4 is 10.2 Å². The van der Waals surface area contributed by atoms with Gasteiger partial charge in [0.15, 0.2) is 0 Å². The molecule has 6 heteroatoms. The summed E-state index contributed by atoms with van der Waals surface area (Å²) in [4.78, 5) is 24.2. The lowest BCUT2D eigenvalue weighted by Crippen LogP contribution is -2.60. The minimum Gasteiger partial charge on any atom is -0.353 e. The SMILES string of the molecule is CCN1CCN[C@@H](C(=O)N2CCN(c3ccc4ccccc4n3)CC2)C1. The van der Waals surface area contributed by atoms with E-state index in [0.717, 1.165) is 69.1 Å². The van der Waals surface area contributed by atoms with Gasteiger partial charge in [-0.05, 0) is 24.7 Å². The second-order valence-electron chi connectivity index (χ2n) is 7.07. The summed E-state index contributed by atoms with van der Waals surface area (Å²) in [5, 5.41) is 4.55. The van der Waals surface area contributed by atoms with E-state index in [1.807, 2.05) is 23.1 Å². The highest BCUT2D eigenvalue weighted by atomic mass is 16.2. The fourth-order valence-electron chi connectivity index (χ4n) is 3.87. The molecule has 0 spiro atoms. The summed E-state index contributed by atoms with van der Waals surface area (Å²) in [6, 6.07) is 12.3. The predicted molar refractivity (Wildman–Crippen MR) is 104 cm³/mol. The number of amides is 1. The van der Waals surface area contributed by atoms with Crippen LogP contribution in [0.2, 0.25) is 0 Å². The summed E-state index contributed by atoms with van der Waals surface area (Å²) in [6.07, 6.45) is 0. The zero-order chi connectivity index (χ0) is 17.9. The van der Waals surface area contributed by atoms with Crippen molar-refractivity contribution >= 4 is 22.6 Å². The van der Waals surface area contributed by atoms with E-state index in [-0.39, 0.29) is 11.9 Å². The lowest BCUT2D eigenvalue weighted by Gasteiger charge is -2.39. The number of hydrogen-bond donors (Lipinski definition) is 1. The summed E-state index contributed by atoms with van der Waals surface area (Å²) in [5.74, 6) is 1.25. The minimum absolute atomic E-state index is 0.0611. The highest BCUT2D eigenvalue weighted by molar-refractivity contribution is 5.83. The van der Waals surface area contributed by atoms with Crippen molar-refractivity contribution in [3.05, 3.63) is 36.4 Å². The van der Waals surface area contributed by atoms with E-state index in [1.54, 1.807) is 0 Å². The number of hydrogen-bond acceptors (Lipinski definition) is 5. The number of carbonyl (C=O) groups excluding carboxylic acids is 1. The van der Waals surface area contributed by atoms with Crippen LogP contribution >= 0.6 is 0 Å². The quantitative estimate of drug-likeness (QED) is 0.898.